The Bertz CT molecular complexity index is 691. The molecule has 0 bridgehead atoms. The van der Waals surface area contributed by atoms with Crippen LogP contribution in [0.1, 0.15) is 15.9 Å². The number of nitrogens with zero attached hydrogens (tertiary/aromatic N) is 1. The second kappa shape index (κ2) is 6.18. The third-order valence-corrected chi connectivity index (χ3v) is 3.39. The van der Waals surface area contributed by atoms with Gasteiger partial charge in [0.1, 0.15) is 11.6 Å². The smallest absolute Gasteiger partial charge is 0.278 e. The molecule has 3 rings (SSSR count). The van der Waals surface area contributed by atoms with Crippen LogP contribution in [-0.4, -0.2) is 12.3 Å². The van der Waals surface area contributed by atoms with Gasteiger partial charge in [-0.05, 0) is 24.3 Å². The van der Waals surface area contributed by atoms with Crippen LogP contribution < -0.4 is 22.3 Å². The Balaban J connectivity index is 0.00000161. The molecular formula is C15H13ClF2N2O. The van der Waals surface area contributed by atoms with E-state index in [2.05, 4.69) is 5.32 Å². The zero-order chi connectivity index (χ0) is 14.1. The Morgan fingerprint density at radius 3 is 2.86 bits per heavy atom. The van der Waals surface area contributed by atoms with Gasteiger partial charge in [0.05, 0.1) is 18.3 Å². The van der Waals surface area contributed by atoms with Crippen molar-refractivity contribution < 1.29 is 30.5 Å². The van der Waals surface area contributed by atoms with E-state index in [-0.39, 0.29) is 30.3 Å². The molecule has 0 unspecified atom stereocenters. The van der Waals surface area contributed by atoms with Gasteiger partial charge in [-0.2, -0.15) is 0 Å². The topological polar surface area (TPSA) is 33.0 Å². The van der Waals surface area contributed by atoms with Crippen LogP contribution in [0.4, 0.5) is 14.6 Å². The van der Waals surface area contributed by atoms with E-state index in [1.54, 1.807) is 10.8 Å². The fraction of sp³-hybridized carbons (Fsp3) is 0.200. The predicted octanol–water partition coefficient (Wildman–Crippen LogP) is -0.893. The van der Waals surface area contributed by atoms with Crippen molar-refractivity contribution in [1.82, 2.24) is 0 Å². The van der Waals surface area contributed by atoms with Crippen molar-refractivity contribution in [2.75, 3.05) is 11.9 Å². The number of carbonyl (C=O) groups excluding carboxylic acids is 1. The second-order valence-electron chi connectivity index (χ2n) is 4.73. The summed E-state index contributed by atoms with van der Waals surface area (Å²) in [5, 5.41) is 3.21. The summed E-state index contributed by atoms with van der Waals surface area (Å²) in [6, 6.07) is 6.86. The molecule has 1 aromatic carbocycles. The number of hydrogen-bond donors (Lipinski definition) is 1. The molecule has 0 radical (unpaired) electrons. The van der Waals surface area contributed by atoms with E-state index in [4.69, 9.17) is 0 Å². The number of Topliss-reactive ketones (excluding diaryl/α,β-unsaturated/α-hetero) is 1. The largest absolute Gasteiger partial charge is 1.00 e. The van der Waals surface area contributed by atoms with Gasteiger partial charge in [0.25, 0.3) is 5.82 Å². The van der Waals surface area contributed by atoms with Crippen LogP contribution in [0.3, 0.4) is 0 Å². The molecule has 1 N–H and O–H groups in total. The standard InChI is InChI=1S/C15H12F2N2O.ClH/c16-11-3-4-12(13(17)8-11)14(20)9-19-7-1-2-10-5-6-18-15(10)19;/h1-4,7-8H,5-6,9H2;1H. The van der Waals surface area contributed by atoms with Gasteiger partial charge in [-0.15, -0.1) is 0 Å². The molecule has 1 aliphatic heterocycles. The number of ketones is 1. The first-order valence-corrected chi connectivity index (χ1v) is 6.38. The molecular weight excluding hydrogens is 298 g/mol. The molecule has 0 aliphatic carbocycles. The molecule has 1 aliphatic rings. The molecule has 2 heterocycles. The normalized spacial score (nSPS) is 12.3. The minimum Gasteiger partial charge on any atom is -1.00 e. The van der Waals surface area contributed by atoms with E-state index in [0.29, 0.717) is 0 Å². The lowest BCUT2D eigenvalue weighted by atomic mass is 10.1. The number of benzene rings is 1. The van der Waals surface area contributed by atoms with Crippen molar-refractivity contribution >= 4 is 11.6 Å². The van der Waals surface area contributed by atoms with Crippen LogP contribution in [-0.2, 0) is 13.0 Å². The lowest BCUT2D eigenvalue weighted by molar-refractivity contribution is -0.669. The Morgan fingerprint density at radius 1 is 1.29 bits per heavy atom. The van der Waals surface area contributed by atoms with E-state index in [1.807, 2.05) is 12.1 Å². The van der Waals surface area contributed by atoms with E-state index in [9.17, 15) is 13.6 Å². The van der Waals surface area contributed by atoms with Crippen LogP contribution in [0.15, 0.2) is 36.5 Å². The van der Waals surface area contributed by atoms with Gasteiger partial charge >= 0.3 is 0 Å². The first-order valence-electron chi connectivity index (χ1n) is 6.38. The van der Waals surface area contributed by atoms with E-state index in [0.717, 1.165) is 36.5 Å². The minimum absolute atomic E-state index is 0. The highest BCUT2D eigenvalue weighted by molar-refractivity contribution is 5.95. The predicted molar refractivity (Wildman–Crippen MR) is 69.5 cm³/mol. The molecule has 21 heavy (non-hydrogen) atoms. The number of pyridine rings is 1. The molecule has 110 valence electrons. The SMILES string of the molecule is O=C(C[n+]1cccc2c1NCC2)c1ccc(F)cc1F.[Cl-]. The fourth-order valence-corrected chi connectivity index (χ4v) is 2.42. The number of aromatic nitrogens is 1. The second-order valence-corrected chi connectivity index (χ2v) is 4.73. The molecule has 3 nitrogen and oxygen atoms in total. The van der Waals surface area contributed by atoms with Crippen molar-refractivity contribution in [1.29, 1.82) is 0 Å². The average molecular weight is 311 g/mol. The number of nitrogens with one attached hydrogen (secondary N) is 1. The van der Waals surface area contributed by atoms with Crippen molar-refractivity contribution in [3.05, 3.63) is 59.3 Å². The van der Waals surface area contributed by atoms with Crippen LogP contribution in [0.5, 0.6) is 0 Å². The number of rotatable bonds is 3. The molecule has 0 spiro atoms. The number of anilines is 1. The summed E-state index contributed by atoms with van der Waals surface area (Å²) in [6.07, 6.45) is 2.69. The lowest BCUT2D eigenvalue weighted by Gasteiger charge is -2.05. The number of fused-ring (bicyclic) bond motifs is 1. The number of hydrogen-bond acceptors (Lipinski definition) is 2. The lowest BCUT2D eigenvalue weighted by Crippen LogP contribution is -3.00. The maximum atomic E-state index is 13.6. The minimum atomic E-state index is -0.823. The first-order chi connectivity index (χ1) is 9.65. The van der Waals surface area contributed by atoms with Gasteiger partial charge in [0, 0.05) is 18.1 Å². The third-order valence-electron chi connectivity index (χ3n) is 3.39. The van der Waals surface area contributed by atoms with Crippen LogP contribution in [0, 0.1) is 11.6 Å². The molecule has 0 atom stereocenters. The Kier molecular flexibility index (Phi) is 4.53. The molecule has 0 fully saturated rings. The molecule has 2 aromatic rings. The monoisotopic (exact) mass is 310 g/mol. The fourth-order valence-electron chi connectivity index (χ4n) is 2.42. The van der Waals surface area contributed by atoms with Gasteiger partial charge in [0.2, 0.25) is 5.78 Å². The van der Waals surface area contributed by atoms with Crippen molar-refractivity contribution in [3.63, 3.8) is 0 Å². The third kappa shape index (κ3) is 3.03. The van der Waals surface area contributed by atoms with Gasteiger partial charge < -0.3 is 12.4 Å². The summed E-state index contributed by atoms with van der Waals surface area (Å²) in [4.78, 5) is 12.1. The maximum Gasteiger partial charge on any atom is 0.278 e. The Labute approximate surface area is 127 Å². The highest BCUT2D eigenvalue weighted by Gasteiger charge is 2.23. The molecule has 0 amide bonds. The summed E-state index contributed by atoms with van der Waals surface area (Å²) < 4.78 is 28.2. The van der Waals surface area contributed by atoms with Gasteiger partial charge in [-0.3, -0.25) is 10.1 Å². The summed E-state index contributed by atoms with van der Waals surface area (Å²) in [5.74, 6) is -0.997. The highest BCUT2D eigenvalue weighted by atomic mass is 35.5. The van der Waals surface area contributed by atoms with Gasteiger partial charge in [-0.25, -0.2) is 13.3 Å². The summed E-state index contributed by atoms with van der Waals surface area (Å²) >= 11 is 0. The molecule has 6 heteroatoms. The van der Waals surface area contributed by atoms with Gasteiger partial charge in [0.15, 0.2) is 6.54 Å². The maximum absolute atomic E-state index is 13.6. The van der Waals surface area contributed by atoms with Crippen molar-refractivity contribution in [2.24, 2.45) is 0 Å². The summed E-state index contributed by atoms with van der Waals surface area (Å²) in [7, 11) is 0. The zero-order valence-corrected chi connectivity index (χ0v) is 11.8. The van der Waals surface area contributed by atoms with Crippen LogP contribution in [0.2, 0.25) is 0 Å². The van der Waals surface area contributed by atoms with Crippen LogP contribution in [0.25, 0.3) is 0 Å². The van der Waals surface area contributed by atoms with E-state index in [1.165, 1.54) is 6.07 Å². The van der Waals surface area contributed by atoms with E-state index >= 15 is 0 Å². The van der Waals surface area contributed by atoms with Gasteiger partial charge in [-0.1, -0.05) is 0 Å². The zero-order valence-electron chi connectivity index (χ0n) is 11.1. The quantitative estimate of drug-likeness (QED) is 0.589. The Hall–Kier alpha value is -2.01. The average Bonchev–Trinajstić information content (AvgIpc) is 2.87. The van der Waals surface area contributed by atoms with Crippen molar-refractivity contribution in [3.8, 4) is 0 Å². The first kappa shape index (κ1) is 15.4. The molecule has 1 aromatic heterocycles. The summed E-state index contributed by atoms with van der Waals surface area (Å²) in [5.41, 5.74) is 1.05. The van der Waals surface area contributed by atoms with Crippen LogP contribution >= 0.6 is 0 Å². The number of carbonyl (C=O) groups is 1. The summed E-state index contributed by atoms with van der Waals surface area (Å²) in [6.45, 7) is 0.858. The Morgan fingerprint density at radius 2 is 2.10 bits per heavy atom. The molecule has 0 saturated carbocycles. The van der Waals surface area contributed by atoms with Crippen molar-refractivity contribution in [2.45, 2.75) is 13.0 Å². The van der Waals surface area contributed by atoms with E-state index < -0.39 is 11.6 Å². The highest BCUT2D eigenvalue weighted by Crippen LogP contribution is 2.17. The molecule has 0 saturated heterocycles. The number of halogens is 3.